The Hall–Kier alpha value is -3.35. The van der Waals surface area contributed by atoms with Crippen molar-refractivity contribution in [3.63, 3.8) is 0 Å². The van der Waals surface area contributed by atoms with Crippen LogP contribution in [0.4, 0.5) is 10.3 Å². The lowest BCUT2D eigenvalue weighted by molar-refractivity contribution is -0.134. The summed E-state index contributed by atoms with van der Waals surface area (Å²) < 4.78 is 14.2. The third-order valence-corrected chi connectivity index (χ3v) is 5.64. The molecule has 0 aliphatic carbocycles. The maximum Gasteiger partial charge on any atom is 0.227 e. The van der Waals surface area contributed by atoms with Gasteiger partial charge < -0.3 is 9.80 Å². The molecule has 0 radical (unpaired) electrons. The molecule has 0 N–H and O–H groups in total. The summed E-state index contributed by atoms with van der Waals surface area (Å²) in [4.78, 5) is 30.4. The zero-order chi connectivity index (χ0) is 21.8. The van der Waals surface area contributed by atoms with Crippen molar-refractivity contribution in [3.8, 4) is 11.1 Å². The summed E-state index contributed by atoms with van der Waals surface area (Å²) in [6.07, 6.45) is 8.08. The molecule has 1 aromatic carbocycles. The number of aromatic nitrogens is 3. The monoisotopic (exact) mass is 419 g/mol. The first-order valence-electron chi connectivity index (χ1n) is 10.5. The number of carbonyl (C=O) groups is 1. The molecular formula is C24H26FN5O. The number of pyridine rings is 1. The highest BCUT2D eigenvalue weighted by atomic mass is 19.1. The first-order chi connectivity index (χ1) is 15.0. The molecule has 0 unspecified atom stereocenters. The van der Waals surface area contributed by atoms with Crippen molar-refractivity contribution in [2.24, 2.45) is 0 Å². The fraction of sp³-hybridized carbons (Fsp3) is 0.333. The molecule has 3 aromatic rings. The van der Waals surface area contributed by atoms with Gasteiger partial charge in [0.15, 0.2) is 0 Å². The van der Waals surface area contributed by atoms with Gasteiger partial charge in [-0.1, -0.05) is 18.2 Å². The highest BCUT2D eigenvalue weighted by Crippen LogP contribution is 2.36. The van der Waals surface area contributed by atoms with E-state index in [4.69, 9.17) is 4.98 Å². The SMILES string of the molecule is CN(C)c1ncc(-c2ccncc2)c([C@@H]2CCCCN2C(=O)Cc2ccccc2F)n1. The number of benzene rings is 1. The molecule has 6 nitrogen and oxygen atoms in total. The van der Waals surface area contributed by atoms with E-state index in [1.807, 2.05) is 42.2 Å². The summed E-state index contributed by atoms with van der Waals surface area (Å²) in [5.41, 5.74) is 3.10. The van der Waals surface area contributed by atoms with Gasteiger partial charge in [0, 0.05) is 44.8 Å². The number of likely N-dealkylation sites (tertiary alicyclic amines) is 1. The van der Waals surface area contributed by atoms with Gasteiger partial charge in [-0.15, -0.1) is 0 Å². The smallest absolute Gasteiger partial charge is 0.227 e. The maximum atomic E-state index is 14.2. The van der Waals surface area contributed by atoms with Crippen LogP contribution >= 0.6 is 0 Å². The predicted octanol–water partition coefficient (Wildman–Crippen LogP) is 4.04. The summed E-state index contributed by atoms with van der Waals surface area (Å²) in [6.45, 7) is 0.634. The lowest BCUT2D eigenvalue weighted by Gasteiger charge is -2.36. The molecule has 31 heavy (non-hydrogen) atoms. The van der Waals surface area contributed by atoms with Gasteiger partial charge in [0.1, 0.15) is 5.82 Å². The fourth-order valence-electron chi connectivity index (χ4n) is 4.03. The largest absolute Gasteiger partial charge is 0.347 e. The highest BCUT2D eigenvalue weighted by Gasteiger charge is 2.31. The Morgan fingerprint density at radius 3 is 2.68 bits per heavy atom. The van der Waals surface area contributed by atoms with Crippen LogP contribution in [0.15, 0.2) is 55.0 Å². The van der Waals surface area contributed by atoms with Crippen LogP contribution in [0.1, 0.15) is 36.6 Å². The molecule has 2 aromatic heterocycles. The molecule has 1 fully saturated rings. The van der Waals surface area contributed by atoms with Crippen molar-refractivity contribution in [2.45, 2.75) is 31.7 Å². The molecule has 7 heteroatoms. The first kappa shape index (κ1) is 20.9. The number of piperidine rings is 1. The quantitative estimate of drug-likeness (QED) is 0.625. The average Bonchev–Trinajstić information content (AvgIpc) is 2.80. The molecule has 1 aliphatic heterocycles. The number of rotatable bonds is 5. The highest BCUT2D eigenvalue weighted by molar-refractivity contribution is 5.80. The number of anilines is 1. The van der Waals surface area contributed by atoms with E-state index in [0.29, 0.717) is 18.1 Å². The molecule has 0 spiro atoms. The van der Waals surface area contributed by atoms with Gasteiger partial charge in [0.05, 0.1) is 18.2 Å². The molecule has 1 atom stereocenters. The molecule has 1 aliphatic rings. The predicted molar refractivity (Wildman–Crippen MR) is 118 cm³/mol. The summed E-state index contributed by atoms with van der Waals surface area (Å²) >= 11 is 0. The molecule has 0 bridgehead atoms. The summed E-state index contributed by atoms with van der Waals surface area (Å²) in [5, 5.41) is 0. The van der Waals surface area contributed by atoms with Gasteiger partial charge in [0.25, 0.3) is 0 Å². The lowest BCUT2D eigenvalue weighted by atomic mass is 9.93. The number of halogens is 1. The minimum atomic E-state index is -0.348. The first-order valence-corrected chi connectivity index (χ1v) is 10.5. The van der Waals surface area contributed by atoms with E-state index < -0.39 is 0 Å². The van der Waals surface area contributed by atoms with Crippen LogP contribution in [0.25, 0.3) is 11.1 Å². The van der Waals surface area contributed by atoms with Crippen LogP contribution < -0.4 is 4.90 Å². The Morgan fingerprint density at radius 2 is 1.94 bits per heavy atom. The maximum absolute atomic E-state index is 14.2. The minimum Gasteiger partial charge on any atom is -0.347 e. The number of carbonyl (C=O) groups excluding carboxylic acids is 1. The van der Waals surface area contributed by atoms with Crippen molar-refractivity contribution >= 4 is 11.9 Å². The number of amides is 1. The van der Waals surface area contributed by atoms with Crippen LogP contribution in [0.5, 0.6) is 0 Å². The number of hydrogen-bond donors (Lipinski definition) is 0. The van der Waals surface area contributed by atoms with Crippen LogP contribution in [-0.4, -0.2) is 46.4 Å². The number of hydrogen-bond acceptors (Lipinski definition) is 5. The van der Waals surface area contributed by atoms with E-state index in [0.717, 1.165) is 36.1 Å². The zero-order valence-corrected chi connectivity index (χ0v) is 17.8. The van der Waals surface area contributed by atoms with Crippen LogP contribution in [0.3, 0.4) is 0 Å². The molecular weight excluding hydrogens is 393 g/mol. The van der Waals surface area contributed by atoms with Crippen molar-refractivity contribution < 1.29 is 9.18 Å². The molecule has 3 heterocycles. The van der Waals surface area contributed by atoms with E-state index in [-0.39, 0.29) is 24.2 Å². The van der Waals surface area contributed by atoms with Crippen LogP contribution in [-0.2, 0) is 11.2 Å². The van der Waals surface area contributed by atoms with E-state index >= 15 is 0 Å². The number of nitrogens with zero attached hydrogens (tertiary/aromatic N) is 5. The van der Waals surface area contributed by atoms with E-state index in [9.17, 15) is 9.18 Å². The molecule has 4 rings (SSSR count). The summed E-state index contributed by atoms with van der Waals surface area (Å²) in [6, 6.07) is 10.1. The lowest BCUT2D eigenvalue weighted by Crippen LogP contribution is -2.40. The van der Waals surface area contributed by atoms with Gasteiger partial charge in [-0.2, -0.15) is 0 Å². The van der Waals surface area contributed by atoms with Gasteiger partial charge in [-0.25, -0.2) is 14.4 Å². The third kappa shape index (κ3) is 4.55. The Balaban J connectivity index is 1.72. The van der Waals surface area contributed by atoms with E-state index in [1.54, 1.807) is 30.6 Å². The summed E-state index contributed by atoms with van der Waals surface area (Å²) in [5.74, 6) is 0.166. The second-order valence-electron chi connectivity index (χ2n) is 7.97. The normalized spacial score (nSPS) is 16.2. The third-order valence-electron chi connectivity index (χ3n) is 5.64. The minimum absolute atomic E-state index is 0.0411. The average molecular weight is 420 g/mol. The Morgan fingerprint density at radius 1 is 1.16 bits per heavy atom. The fourth-order valence-corrected chi connectivity index (χ4v) is 4.03. The summed E-state index contributed by atoms with van der Waals surface area (Å²) in [7, 11) is 3.79. The Bertz CT molecular complexity index is 1060. The topological polar surface area (TPSA) is 62.2 Å². The Labute approximate surface area is 181 Å². The van der Waals surface area contributed by atoms with Crippen molar-refractivity contribution in [2.75, 3.05) is 25.5 Å². The van der Waals surface area contributed by atoms with Gasteiger partial charge in [-0.05, 0) is 48.6 Å². The van der Waals surface area contributed by atoms with Gasteiger partial charge >= 0.3 is 0 Å². The van der Waals surface area contributed by atoms with Gasteiger partial charge in [0.2, 0.25) is 11.9 Å². The second-order valence-corrected chi connectivity index (χ2v) is 7.97. The molecule has 0 saturated carbocycles. The zero-order valence-electron chi connectivity index (χ0n) is 17.8. The molecule has 1 saturated heterocycles. The molecule has 1 amide bonds. The van der Waals surface area contributed by atoms with Crippen LogP contribution in [0.2, 0.25) is 0 Å². The van der Waals surface area contributed by atoms with E-state index in [1.165, 1.54) is 6.07 Å². The standard InChI is InChI=1S/C24H26FN5O/c1-29(2)24-27-16-19(17-10-12-26-13-11-17)23(28-24)21-9-5-6-14-30(21)22(31)15-18-7-3-4-8-20(18)25/h3-4,7-8,10-13,16,21H,5-6,9,14-15H2,1-2H3/t21-/m0/s1. The second kappa shape index (κ2) is 9.20. The van der Waals surface area contributed by atoms with Crippen molar-refractivity contribution in [1.29, 1.82) is 0 Å². The molecule has 160 valence electrons. The Kier molecular flexibility index (Phi) is 6.21. The van der Waals surface area contributed by atoms with Gasteiger partial charge in [-0.3, -0.25) is 9.78 Å². The van der Waals surface area contributed by atoms with Crippen molar-refractivity contribution in [3.05, 3.63) is 72.1 Å². The van der Waals surface area contributed by atoms with E-state index in [2.05, 4.69) is 9.97 Å². The van der Waals surface area contributed by atoms with Crippen molar-refractivity contribution in [1.82, 2.24) is 19.9 Å². The van der Waals surface area contributed by atoms with Crippen LogP contribution in [0, 0.1) is 5.82 Å².